The quantitative estimate of drug-likeness (QED) is 0.635. The lowest BCUT2D eigenvalue weighted by Gasteiger charge is -2.31. The number of carbonyl (C=O) groups is 2. The predicted octanol–water partition coefficient (Wildman–Crippen LogP) is 0.512. The monoisotopic (exact) mass is 312 g/mol. The molecule has 1 aromatic carbocycles. The van der Waals surface area contributed by atoms with E-state index in [-0.39, 0.29) is 17.2 Å². The van der Waals surface area contributed by atoms with Crippen molar-refractivity contribution in [3.63, 3.8) is 0 Å². The number of hydrogen-bond acceptors (Lipinski definition) is 5. The zero-order valence-corrected chi connectivity index (χ0v) is 11.8. The third kappa shape index (κ3) is 2.39. The third-order valence-corrected chi connectivity index (χ3v) is 4.78. The molecule has 21 heavy (non-hydrogen) atoms. The van der Waals surface area contributed by atoms with Gasteiger partial charge < -0.3 is 4.90 Å². The zero-order valence-electron chi connectivity index (χ0n) is 11.0. The largest absolute Gasteiger partial charge is 0.359 e. The molecule has 112 valence electrons. The van der Waals surface area contributed by atoms with Gasteiger partial charge in [-0.25, -0.2) is 0 Å². The Morgan fingerprint density at radius 2 is 2.00 bits per heavy atom. The number of halogens is 1. The minimum atomic E-state index is -4.79. The first kappa shape index (κ1) is 14.0. The molecule has 1 saturated heterocycles. The summed E-state index contributed by atoms with van der Waals surface area (Å²) in [6.07, 6.45) is 0.965. The molecule has 1 unspecified atom stereocenters. The molecule has 8 heteroatoms. The van der Waals surface area contributed by atoms with E-state index in [9.17, 15) is 21.9 Å². The Balaban J connectivity index is 1.98. The van der Waals surface area contributed by atoms with Crippen molar-refractivity contribution < 1.29 is 21.9 Å². The van der Waals surface area contributed by atoms with Crippen LogP contribution in [0.15, 0.2) is 23.1 Å². The van der Waals surface area contributed by atoms with Crippen LogP contribution in [0.5, 0.6) is 0 Å². The van der Waals surface area contributed by atoms with Crippen LogP contribution in [0.1, 0.15) is 18.4 Å². The van der Waals surface area contributed by atoms with Gasteiger partial charge in [-0.05, 0) is 30.5 Å². The van der Waals surface area contributed by atoms with Crippen LogP contribution in [-0.4, -0.2) is 32.8 Å². The topological polar surface area (TPSA) is 83.6 Å². The molecule has 0 spiro atoms. The second kappa shape index (κ2) is 4.80. The highest BCUT2D eigenvalue weighted by Crippen LogP contribution is 2.36. The molecule has 0 aromatic heterocycles. The van der Waals surface area contributed by atoms with E-state index in [2.05, 4.69) is 5.32 Å². The van der Waals surface area contributed by atoms with E-state index < -0.39 is 22.2 Å². The maximum absolute atomic E-state index is 13.3. The van der Waals surface area contributed by atoms with E-state index in [0.717, 1.165) is 0 Å². The SMILES string of the molecule is O=C1CCC(N2CCc3c2cccc3S(=O)(=O)F)C(=O)N1. The highest BCUT2D eigenvalue weighted by Gasteiger charge is 2.36. The van der Waals surface area contributed by atoms with Gasteiger partial charge in [0.15, 0.2) is 0 Å². The van der Waals surface area contributed by atoms with Gasteiger partial charge in [0.1, 0.15) is 10.9 Å². The number of nitrogens with zero attached hydrogens (tertiary/aromatic N) is 1. The van der Waals surface area contributed by atoms with Crippen LogP contribution in [0.2, 0.25) is 0 Å². The van der Waals surface area contributed by atoms with Crippen molar-refractivity contribution >= 4 is 27.7 Å². The van der Waals surface area contributed by atoms with Gasteiger partial charge in [-0.1, -0.05) is 6.07 Å². The lowest BCUT2D eigenvalue weighted by Crippen LogP contribution is -2.52. The summed E-state index contributed by atoms with van der Waals surface area (Å²) in [4.78, 5) is 24.5. The highest BCUT2D eigenvalue weighted by atomic mass is 32.3. The molecule has 2 aliphatic heterocycles. The Bertz CT molecular complexity index is 732. The van der Waals surface area contributed by atoms with Crippen molar-refractivity contribution in [3.05, 3.63) is 23.8 Å². The van der Waals surface area contributed by atoms with Crippen molar-refractivity contribution in [2.75, 3.05) is 11.4 Å². The van der Waals surface area contributed by atoms with E-state index in [0.29, 0.717) is 30.6 Å². The lowest BCUT2D eigenvalue weighted by atomic mass is 10.0. The Hall–Kier alpha value is -1.96. The standard InChI is InChI=1S/C13H13FN2O4S/c14-21(19,20)11-3-1-2-9-8(11)6-7-16(9)10-4-5-12(17)15-13(10)18/h1-3,10H,4-7H2,(H,15,17,18). The molecule has 0 bridgehead atoms. The van der Waals surface area contributed by atoms with Gasteiger partial charge >= 0.3 is 10.2 Å². The van der Waals surface area contributed by atoms with Crippen LogP contribution in [0.3, 0.4) is 0 Å². The summed E-state index contributed by atoms with van der Waals surface area (Å²) in [5.41, 5.74) is 0.938. The Morgan fingerprint density at radius 1 is 1.24 bits per heavy atom. The average Bonchev–Trinajstić information content (AvgIpc) is 2.81. The van der Waals surface area contributed by atoms with Crippen LogP contribution in [-0.2, 0) is 26.2 Å². The molecule has 2 heterocycles. The van der Waals surface area contributed by atoms with Crippen LogP contribution in [0.25, 0.3) is 0 Å². The second-order valence-electron chi connectivity index (χ2n) is 5.10. The molecule has 0 saturated carbocycles. The molecule has 0 aliphatic carbocycles. The highest BCUT2D eigenvalue weighted by molar-refractivity contribution is 7.86. The molecular weight excluding hydrogens is 299 g/mol. The number of rotatable bonds is 2. The summed E-state index contributed by atoms with van der Waals surface area (Å²) in [5.74, 6) is -0.705. The first-order valence-corrected chi connectivity index (χ1v) is 7.93. The van der Waals surface area contributed by atoms with E-state index in [1.165, 1.54) is 12.1 Å². The minimum Gasteiger partial charge on any atom is -0.359 e. The van der Waals surface area contributed by atoms with Gasteiger partial charge in [-0.2, -0.15) is 8.42 Å². The van der Waals surface area contributed by atoms with Gasteiger partial charge in [0.25, 0.3) is 0 Å². The summed E-state index contributed by atoms with van der Waals surface area (Å²) in [6, 6.07) is 3.82. The van der Waals surface area contributed by atoms with E-state index >= 15 is 0 Å². The number of benzene rings is 1. The molecule has 1 aromatic rings. The number of anilines is 1. The summed E-state index contributed by atoms with van der Waals surface area (Å²) in [5, 5.41) is 2.27. The number of imide groups is 1. The first-order valence-electron chi connectivity index (χ1n) is 6.55. The van der Waals surface area contributed by atoms with Crippen molar-refractivity contribution in [1.82, 2.24) is 5.32 Å². The van der Waals surface area contributed by atoms with Crippen LogP contribution in [0, 0.1) is 0 Å². The summed E-state index contributed by atoms with van der Waals surface area (Å²) >= 11 is 0. The fraction of sp³-hybridized carbons (Fsp3) is 0.385. The van der Waals surface area contributed by atoms with Crippen LogP contribution < -0.4 is 10.2 Å². The zero-order chi connectivity index (χ0) is 15.2. The third-order valence-electron chi connectivity index (χ3n) is 3.87. The summed E-state index contributed by atoms with van der Waals surface area (Å²) < 4.78 is 35.7. The molecular formula is C13H13FN2O4S. The smallest absolute Gasteiger partial charge is 0.332 e. The fourth-order valence-electron chi connectivity index (χ4n) is 2.96. The Labute approximate surface area is 121 Å². The summed E-state index contributed by atoms with van der Waals surface area (Å²) in [7, 11) is -4.79. The van der Waals surface area contributed by atoms with Crippen LogP contribution in [0.4, 0.5) is 9.57 Å². The van der Waals surface area contributed by atoms with Gasteiger partial charge in [0.05, 0.1) is 0 Å². The number of piperidine rings is 1. The maximum atomic E-state index is 13.3. The molecule has 0 radical (unpaired) electrons. The van der Waals surface area contributed by atoms with E-state index in [4.69, 9.17) is 0 Å². The van der Waals surface area contributed by atoms with Crippen molar-refractivity contribution in [2.45, 2.75) is 30.2 Å². The van der Waals surface area contributed by atoms with Crippen molar-refractivity contribution in [1.29, 1.82) is 0 Å². The molecule has 2 amide bonds. The second-order valence-corrected chi connectivity index (χ2v) is 6.42. The maximum Gasteiger partial charge on any atom is 0.332 e. The average molecular weight is 312 g/mol. The molecule has 1 atom stereocenters. The van der Waals surface area contributed by atoms with Gasteiger partial charge in [0, 0.05) is 18.7 Å². The van der Waals surface area contributed by atoms with Crippen LogP contribution >= 0.6 is 0 Å². The molecule has 6 nitrogen and oxygen atoms in total. The fourth-order valence-corrected chi connectivity index (χ4v) is 3.70. The van der Waals surface area contributed by atoms with Crippen molar-refractivity contribution in [3.8, 4) is 0 Å². The Kier molecular flexibility index (Phi) is 3.20. The number of amides is 2. The molecule has 2 aliphatic rings. The summed E-state index contributed by atoms with van der Waals surface area (Å²) in [6.45, 7) is 0.425. The first-order chi connectivity index (χ1) is 9.88. The molecule has 1 N–H and O–H groups in total. The number of fused-ring (bicyclic) bond motifs is 1. The van der Waals surface area contributed by atoms with Crippen molar-refractivity contribution in [2.24, 2.45) is 0 Å². The normalized spacial score (nSPS) is 22.1. The van der Waals surface area contributed by atoms with Gasteiger partial charge in [0.2, 0.25) is 11.8 Å². The minimum absolute atomic E-state index is 0.239. The molecule has 3 rings (SSSR count). The van der Waals surface area contributed by atoms with E-state index in [1.807, 2.05) is 0 Å². The Morgan fingerprint density at radius 3 is 2.67 bits per heavy atom. The number of hydrogen-bond donors (Lipinski definition) is 1. The van der Waals surface area contributed by atoms with E-state index in [1.54, 1.807) is 11.0 Å². The number of carbonyl (C=O) groups excluding carboxylic acids is 2. The van der Waals surface area contributed by atoms with Gasteiger partial charge in [-0.3, -0.25) is 14.9 Å². The molecule has 1 fully saturated rings. The number of nitrogens with one attached hydrogen (secondary N) is 1. The predicted molar refractivity (Wildman–Crippen MR) is 72.0 cm³/mol. The van der Waals surface area contributed by atoms with Gasteiger partial charge in [-0.15, -0.1) is 3.89 Å². The lowest BCUT2D eigenvalue weighted by molar-refractivity contribution is -0.134.